The van der Waals surface area contributed by atoms with Gasteiger partial charge >= 0.3 is 17.0 Å². The number of carbonyl (C=O) groups excluding carboxylic acids is 3. The van der Waals surface area contributed by atoms with Crippen molar-refractivity contribution < 1.29 is 37.0 Å². The first kappa shape index (κ1) is 29.6. The minimum atomic E-state index is -4.75. The number of thioether (sulfide) groups is 1. The highest BCUT2D eigenvalue weighted by atomic mass is 79.9. The number of hydrogen-bond donors (Lipinski definition) is 1. The van der Waals surface area contributed by atoms with Gasteiger partial charge in [0.25, 0.3) is 0 Å². The number of ether oxygens (including phenoxy) is 2. The molecule has 230 valence electrons. The Bertz CT molecular complexity index is 1760. The summed E-state index contributed by atoms with van der Waals surface area (Å²) in [6, 6.07) is 10.0. The number of aromatic nitrogens is 1. The average Bonchev–Trinajstić information content (AvgIpc) is 3.70. The Balaban J connectivity index is 1.30. The van der Waals surface area contributed by atoms with Crippen LogP contribution in [-0.2, 0) is 25.3 Å². The Morgan fingerprint density at radius 2 is 1.82 bits per heavy atom. The van der Waals surface area contributed by atoms with E-state index < -0.39 is 53.0 Å². The van der Waals surface area contributed by atoms with Gasteiger partial charge in [-0.1, -0.05) is 39.4 Å². The summed E-state index contributed by atoms with van der Waals surface area (Å²) in [6.45, 7) is 1.56. The molecule has 2 aliphatic carbocycles. The smallest absolute Gasteiger partial charge is 0.418 e. The van der Waals surface area contributed by atoms with Gasteiger partial charge in [-0.2, -0.15) is 13.2 Å². The lowest BCUT2D eigenvalue weighted by atomic mass is 9.68. The summed E-state index contributed by atoms with van der Waals surface area (Å²) in [5.74, 6) is -4.14. The number of anilines is 1. The van der Waals surface area contributed by atoms with Crippen LogP contribution in [0, 0.1) is 29.6 Å². The van der Waals surface area contributed by atoms with E-state index in [-0.39, 0.29) is 41.1 Å². The van der Waals surface area contributed by atoms with E-state index >= 15 is 0 Å². The number of fused-ring (bicyclic) bond motifs is 9. The summed E-state index contributed by atoms with van der Waals surface area (Å²) in [5.41, 5.74) is -0.771. The predicted molar refractivity (Wildman–Crippen MR) is 159 cm³/mol. The van der Waals surface area contributed by atoms with E-state index in [1.807, 2.05) is 6.07 Å². The molecular formula is C30H24BrF3N2O6S2. The lowest BCUT2D eigenvalue weighted by Gasteiger charge is -2.43. The lowest BCUT2D eigenvalue weighted by molar-refractivity contribution is -0.145. The van der Waals surface area contributed by atoms with Gasteiger partial charge in [0, 0.05) is 26.1 Å². The fourth-order valence-electron chi connectivity index (χ4n) is 7.74. The number of aromatic amines is 1. The van der Waals surface area contributed by atoms with Gasteiger partial charge in [0.1, 0.15) is 5.75 Å². The molecule has 6 unspecified atom stereocenters. The van der Waals surface area contributed by atoms with E-state index in [0.717, 1.165) is 31.7 Å². The van der Waals surface area contributed by atoms with Crippen LogP contribution in [0.2, 0.25) is 0 Å². The van der Waals surface area contributed by atoms with Crippen LogP contribution in [0.25, 0.3) is 0 Å². The average molecular weight is 710 g/mol. The zero-order valence-electron chi connectivity index (χ0n) is 22.9. The quantitative estimate of drug-likeness (QED) is 0.254. The van der Waals surface area contributed by atoms with E-state index in [9.17, 15) is 32.3 Å². The van der Waals surface area contributed by atoms with Gasteiger partial charge in [-0.05, 0) is 61.4 Å². The van der Waals surface area contributed by atoms with Crippen molar-refractivity contribution in [2.24, 2.45) is 29.6 Å². The van der Waals surface area contributed by atoms with Crippen molar-refractivity contribution in [3.63, 3.8) is 0 Å². The topological polar surface area (TPSA) is 106 Å². The van der Waals surface area contributed by atoms with E-state index in [1.54, 1.807) is 19.1 Å². The molecule has 1 saturated heterocycles. The SMILES string of the molecule is CCOC(=O)COc1ccc(Br)cc1[C@H]1c2sc(=O)[nH]c2SC2C3CC(C4C(=O)N(c5ccccc5C(F)(F)F)C(=O)C34)C21. The highest BCUT2D eigenvalue weighted by molar-refractivity contribution is 9.10. The van der Waals surface area contributed by atoms with Crippen molar-refractivity contribution in [3.05, 3.63) is 72.6 Å². The van der Waals surface area contributed by atoms with Crippen molar-refractivity contribution in [1.82, 2.24) is 4.98 Å². The number of alkyl halides is 3. The van der Waals surface area contributed by atoms with Crippen LogP contribution in [0.4, 0.5) is 18.9 Å². The standard InChI is InChI=1S/C30H24BrF3N2O6S2/c1-2-41-19(37)11-42-18-8-7-12(31)9-13(18)20-21-14-10-15(24(21)43-26-25(20)44-29(40)35-26)23-22(14)27(38)36(28(23)39)17-6-4-3-5-16(17)30(32,33)34/h3-9,14-15,20-24H,2,10-11H2,1H3,(H,35,40)/t14?,15?,20-,21?,22?,23?,24?/m1/s1. The molecule has 7 rings (SSSR count). The van der Waals surface area contributed by atoms with E-state index in [2.05, 4.69) is 20.9 Å². The minimum Gasteiger partial charge on any atom is -0.482 e. The van der Waals surface area contributed by atoms with E-state index in [1.165, 1.54) is 30.0 Å². The summed E-state index contributed by atoms with van der Waals surface area (Å²) in [4.78, 5) is 56.8. The van der Waals surface area contributed by atoms with Crippen LogP contribution < -0.4 is 14.5 Å². The molecule has 3 aromatic rings. The van der Waals surface area contributed by atoms with Crippen LogP contribution in [0.3, 0.4) is 0 Å². The predicted octanol–water partition coefficient (Wildman–Crippen LogP) is 5.84. The molecule has 7 atom stereocenters. The highest BCUT2D eigenvalue weighted by Gasteiger charge is 2.70. The zero-order valence-corrected chi connectivity index (χ0v) is 26.1. The number of imide groups is 1. The third-order valence-corrected chi connectivity index (χ3v) is 12.2. The number of nitrogens with one attached hydrogen (secondary N) is 1. The maximum Gasteiger partial charge on any atom is 0.418 e. The summed E-state index contributed by atoms with van der Waals surface area (Å²) in [6.07, 6.45) is -4.18. The largest absolute Gasteiger partial charge is 0.482 e. The normalized spacial score (nSPS) is 28.6. The van der Waals surface area contributed by atoms with Gasteiger partial charge in [0.15, 0.2) is 6.61 Å². The maximum absolute atomic E-state index is 14.0. The molecule has 4 aliphatic rings. The number of halogens is 4. The second-order valence-electron chi connectivity index (χ2n) is 11.3. The number of nitrogens with zero attached hydrogens (tertiary/aromatic N) is 1. The highest BCUT2D eigenvalue weighted by Crippen LogP contribution is 2.69. The van der Waals surface area contributed by atoms with Crippen molar-refractivity contribution >= 4 is 62.5 Å². The first-order valence-electron chi connectivity index (χ1n) is 14.0. The molecule has 2 aromatic carbocycles. The third-order valence-electron chi connectivity index (χ3n) is 9.13. The number of thiazole rings is 1. The van der Waals surface area contributed by atoms with Crippen LogP contribution >= 0.6 is 39.0 Å². The van der Waals surface area contributed by atoms with Gasteiger partial charge in [-0.3, -0.25) is 14.4 Å². The number of amides is 2. The number of H-pyrrole nitrogens is 1. The molecule has 1 aromatic heterocycles. The molecule has 3 heterocycles. The second kappa shape index (κ2) is 10.8. The molecule has 2 amide bonds. The fourth-order valence-corrected chi connectivity index (χ4v) is 11.0. The molecular weight excluding hydrogens is 685 g/mol. The van der Waals surface area contributed by atoms with Crippen LogP contribution in [0.1, 0.15) is 35.3 Å². The number of para-hydroxylation sites is 1. The summed E-state index contributed by atoms with van der Waals surface area (Å²) in [5, 5.41) is 0.484. The molecule has 2 saturated carbocycles. The summed E-state index contributed by atoms with van der Waals surface area (Å²) in [7, 11) is 0. The first-order chi connectivity index (χ1) is 21.0. The number of rotatable bonds is 6. The van der Waals surface area contributed by atoms with Crippen LogP contribution in [0.15, 0.2) is 56.8 Å². The Labute approximate surface area is 265 Å². The Kier molecular flexibility index (Phi) is 7.24. The van der Waals surface area contributed by atoms with Gasteiger partial charge in [-0.15, -0.1) is 11.8 Å². The van der Waals surface area contributed by atoms with Crippen molar-refractivity contribution in [2.75, 3.05) is 18.1 Å². The van der Waals surface area contributed by atoms with Crippen molar-refractivity contribution in [1.29, 1.82) is 0 Å². The number of carbonyl (C=O) groups is 3. The molecule has 14 heteroatoms. The Morgan fingerprint density at radius 3 is 2.55 bits per heavy atom. The Hall–Kier alpha value is -3.10. The van der Waals surface area contributed by atoms with Gasteiger partial charge in [-0.25, -0.2) is 9.69 Å². The van der Waals surface area contributed by atoms with Crippen molar-refractivity contribution in [2.45, 2.75) is 35.7 Å². The lowest BCUT2D eigenvalue weighted by Crippen LogP contribution is -2.42. The molecule has 0 radical (unpaired) electrons. The maximum atomic E-state index is 14.0. The molecule has 3 fully saturated rings. The van der Waals surface area contributed by atoms with E-state index in [4.69, 9.17) is 9.47 Å². The van der Waals surface area contributed by atoms with E-state index in [0.29, 0.717) is 22.8 Å². The van der Waals surface area contributed by atoms with Crippen molar-refractivity contribution in [3.8, 4) is 5.75 Å². The molecule has 8 nitrogen and oxygen atoms in total. The number of esters is 1. The second-order valence-corrected chi connectivity index (χ2v) is 14.4. The van der Waals surface area contributed by atoms with Gasteiger partial charge in [0.2, 0.25) is 11.8 Å². The number of benzene rings is 2. The van der Waals surface area contributed by atoms with Gasteiger partial charge in [0.05, 0.1) is 34.7 Å². The Morgan fingerprint density at radius 1 is 1.09 bits per heavy atom. The number of hydrogen-bond acceptors (Lipinski definition) is 8. The zero-order chi connectivity index (χ0) is 31.1. The molecule has 2 bridgehead atoms. The molecule has 44 heavy (non-hydrogen) atoms. The molecule has 1 N–H and O–H groups in total. The molecule has 2 aliphatic heterocycles. The fraction of sp³-hybridized carbons (Fsp3) is 0.400. The first-order valence-corrected chi connectivity index (χ1v) is 16.5. The minimum absolute atomic E-state index is 0.185. The monoisotopic (exact) mass is 708 g/mol. The van der Waals surface area contributed by atoms with Crippen LogP contribution in [-0.4, -0.2) is 41.2 Å². The van der Waals surface area contributed by atoms with Gasteiger partial charge < -0.3 is 14.5 Å². The third kappa shape index (κ3) is 4.54. The van der Waals surface area contributed by atoms with Crippen LogP contribution in [0.5, 0.6) is 5.75 Å². The summed E-state index contributed by atoms with van der Waals surface area (Å²) < 4.78 is 53.5. The molecule has 0 spiro atoms. The summed E-state index contributed by atoms with van der Waals surface area (Å²) >= 11 is 6.06.